The first-order valence-electron chi connectivity index (χ1n) is 21.4. The summed E-state index contributed by atoms with van der Waals surface area (Å²) in [6.07, 6.45) is 7.03. The van der Waals surface area contributed by atoms with Gasteiger partial charge in [-0.05, 0) is 106 Å². The number of nitrogens with zero attached hydrogens (tertiary/aromatic N) is 4. The zero-order valence-corrected chi connectivity index (χ0v) is 36.0. The first kappa shape index (κ1) is 41.8. The topological polar surface area (TPSA) is 184 Å². The van der Waals surface area contributed by atoms with Gasteiger partial charge in [0.1, 0.15) is 23.7 Å². The van der Waals surface area contributed by atoms with Gasteiger partial charge in [0.05, 0.1) is 43.9 Å². The van der Waals surface area contributed by atoms with E-state index < -0.39 is 24.3 Å². The van der Waals surface area contributed by atoms with Gasteiger partial charge in [-0.15, -0.1) is 0 Å². The summed E-state index contributed by atoms with van der Waals surface area (Å²) < 4.78 is 15.2. The van der Waals surface area contributed by atoms with Crippen molar-refractivity contribution in [1.82, 2.24) is 40.4 Å². The molecule has 0 bridgehead atoms. The van der Waals surface area contributed by atoms with Crippen LogP contribution in [-0.2, 0) is 23.8 Å². The van der Waals surface area contributed by atoms with Crippen LogP contribution in [0.1, 0.15) is 73.9 Å². The fourth-order valence-corrected chi connectivity index (χ4v) is 9.91. The van der Waals surface area contributed by atoms with Crippen molar-refractivity contribution < 1.29 is 33.4 Å². The van der Waals surface area contributed by atoms with E-state index in [1.807, 2.05) is 34.1 Å². The van der Waals surface area contributed by atoms with E-state index in [4.69, 9.17) is 24.2 Å². The van der Waals surface area contributed by atoms with Crippen molar-refractivity contribution >= 4 is 46.1 Å². The zero-order chi connectivity index (χ0) is 43.5. The number of nitrogens with one attached hydrogen (secondary N) is 4. The third-order valence-corrected chi connectivity index (χ3v) is 13.3. The van der Waals surface area contributed by atoms with Crippen LogP contribution in [-0.4, -0.2) is 100 Å². The number of rotatable bonds is 11. The molecule has 15 nitrogen and oxygen atoms in total. The number of carbonyl (C=O) groups excluding carboxylic acids is 4. The van der Waals surface area contributed by atoms with E-state index in [2.05, 4.69) is 81.3 Å². The number of amides is 4. The predicted octanol–water partition coefficient (Wildman–Crippen LogP) is 7.92. The number of hydrogen-bond acceptors (Lipinski definition) is 10. The number of hydrogen-bond donors (Lipinski definition) is 4. The largest absolute Gasteiger partial charge is 0.453 e. The Bertz CT molecular complexity index is 2590. The molecule has 4 amide bonds. The highest BCUT2D eigenvalue weighted by molar-refractivity contribution is 7.08. The SMILES string of the molecule is COC(=O)N[C@H](C(=O)N1CCCC1c1nc(-c2ccc3cc(-c4ccc(-c5cnc([C@@H]6CCCN6C(=O)[C@H](NC(=O)OC)c6ccsc6)[nH]5)cc4)ccc3c2)c[nH]1)C1CCOCC1. The number of H-pyrrole nitrogens is 2. The van der Waals surface area contributed by atoms with Crippen LogP contribution in [0.25, 0.3) is 44.4 Å². The third kappa shape index (κ3) is 8.77. The summed E-state index contributed by atoms with van der Waals surface area (Å²) in [4.78, 5) is 72.5. The molecule has 0 spiro atoms. The van der Waals surface area contributed by atoms with Crippen molar-refractivity contribution in [2.24, 2.45) is 5.92 Å². The molecule has 326 valence electrons. The van der Waals surface area contributed by atoms with Crippen molar-refractivity contribution in [2.45, 2.75) is 62.7 Å². The monoisotopic (exact) mass is 870 g/mol. The number of thiophene rings is 1. The van der Waals surface area contributed by atoms with Crippen LogP contribution in [0.2, 0.25) is 0 Å². The second kappa shape index (κ2) is 18.4. The highest BCUT2D eigenvalue weighted by Gasteiger charge is 2.40. The Morgan fingerprint density at radius 2 is 1.40 bits per heavy atom. The summed E-state index contributed by atoms with van der Waals surface area (Å²) in [6.45, 7) is 2.27. The lowest BCUT2D eigenvalue weighted by atomic mass is 9.90. The molecular weight excluding hydrogens is 821 g/mol. The first-order chi connectivity index (χ1) is 30.8. The molecule has 1 unspecified atom stereocenters. The average Bonchev–Trinajstić information content (AvgIpc) is 4.19. The van der Waals surface area contributed by atoms with Crippen LogP contribution in [0.3, 0.4) is 0 Å². The molecule has 3 saturated heterocycles. The minimum atomic E-state index is -0.845. The molecule has 3 aliphatic heterocycles. The Kier molecular flexibility index (Phi) is 12.2. The molecule has 3 aromatic heterocycles. The molecule has 6 aromatic rings. The van der Waals surface area contributed by atoms with Crippen molar-refractivity contribution in [3.63, 3.8) is 0 Å². The van der Waals surface area contributed by atoms with Gasteiger partial charge < -0.3 is 44.6 Å². The van der Waals surface area contributed by atoms with E-state index in [-0.39, 0.29) is 29.8 Å². The number of imidazole rings is 2. The van der Waals surface area contributed by atoms with Crippen LogP contribution in [0.5, 0.6) is 0 Å². The molecule has 0 saturated carbocycles. The molecule has 4 N–H and O–H groups in total. The summed E-state index contributed by atoms with van der Waals surface area (Å²) >= 11 is 1.46. The van der Waals surface area contributed by atoms with E-state index >= 15 is 0 Å². The third-order valence-electron chi connectivity index (χ3n) is 12.6. The molecule has 0 aliphatic carbocycles. The van der Waals surface area contributed by atoms with Gasteiger partial charge in [0.2, 0.25) is 5.91 Å². The number of carbonyl (C=O) groups is 4. The van der Waals surface area contributed by atoms with Crippen LogP contribution in [0.4, 0.5) is 9.59 Å². The lowest BCUT2D eigenvalue weighted by Gasteiger charge is -2.34. The van der Waals surface area contributed by atoms with E-state index in [1.165, 1.54) is 25.6 Å². The molecule has 63 heavy (non-hydrogen) atoms. The second-order valence-electron chi connectivity index (χ2n) is 16.3. The van der Waals surface area contributed by atoms with Gasteiger partial charge in [0, 0.05) is 38.1 Å². The number of ether oxygens (including phenoxy) is 3. The predicted molar refractivity (Wildman–Crippen MR) is 237 cm³/mol. The number of methoxy groups -OCH3 is 2. The maximum atomic E-state index is 14.0. The van der Waals surface area contributed by atoms with E-state index in [9.17, 15) is 19.2 Å². The van der Waals surface area contributed by atoms with Crippen LogP contribution in [0.15, 0.2) is 89.9 Å². The first-order valence-corrected chi connectivity index (χ1v) is 22.4. The lowest BCUT2D eigenvalue weighted by molar-refractivity contribution is -0.137. The summed E-state index contributed by atoms with van der Waals surface area (Å²) in [6, 6.07) is 20.9. The average molecular weight is 871 g/mol. The van der Waals surface area contributed by atoms with Gasteiger partial charge in [-0.25, -0.2) is 19.6 Å². The molecule has 9 rings (SSSR count). The Morgan fingerprint density at radius 3 is 2.10 bits per heavy atom. The number of aromatic nitrogens is 4. The molecule has 0 radical (unpaired) electrons. The summed E-state index contributed by atoms with van der Waals surface area (Å²) in [7, 11) is 2.59. The lowest BCUT2D eigenvalue weighted by Crippen LogP contribution is -2.53. The standard InChI is InChI=1S/C47H50N8O7S/c1-60-46(58)52-40(30-15-20-62-21-16-30)44(56)54-18-3-6-39(54)43-49-26-37(51-43)34-14-13-32-23-31(11-12-33(32)24-34)28-7-9-29(10-8-28)36-25-48-42(50-36)38-5-4-19-55(38)45(57)41(53-47(59)61-2)35-17-22-63-27-35/h7-14,17,22-27,30,38-41H,3-6,15-16,18-21H2,1-2H3,(H,48,50)(H,49,51)(H,52,58)(H,53,59)/t38-,39?,40-,41+/m0/s1. The highest BCUT2D eigenvalue weighted by Crippen LogP contribution is 2.37. The summed E-state index contributed by atoms with van der Waals surface area (Å²) in [5.74, 6) is 1.10. The van der Waals surface area contributed by atoms with Gasteiger partial charge >= 0.3 is 12.2 Å². The minimum absolute atomic E-state index is 0.0295. The maximum absolute atomic E-state index is 14.0. The number of alkyl carbamates (subject to hydrolysis) is 2. The van der Waals surface area contributed by atoms with Gasteiger partial charge in [0.15, 0.2) is 0 Å². The Balaban J connectivity index is 0.867. The maximum Gasteiger partial charge on any atom is 0.407 e. The number of likely N-dealkylation sites (tertiary alicyclic amines) is 2. The van der Waals surface area contributed by atoms with Crippen molar-refractivity contribution in [3.05, 3.63) is 107 Å². The smallest absolute Gasteiger partial charge is 0.407 e. The van der Waals surface area contributed by atoms with Crippen molar-refractivity contribution in [1.29, 1.82) is 0 Å². The van der Waals surface area contributed by atoms with E-state index in [0.717, 1.165) is 81.5 Å². The van der Waals surface area contributed by atoms with Gasteiger partial charge in [-0.3, -0.25) is 9.59 Å². The van der Waals surface area contributed by atoms with Gasteiger partial charge in [-0.1, -0.05) is 48.5 Å². The molecule has 3 aliphatic rings. The highest BCUT2D eigenvalue weighted by atomic mass is 32.1. The van der Waals surface area contributed by atoms with E-state index in [1.54, 1.807) is 4.90 Å². The molecule has 6 heterocycles. The molecule has 3 aromatic carbocycles. The van der Waals surface area contributed by atoms with Gasteiger partial charge in [0.25, 0.3) is 5.91 Å². The molecule has 3 fully saturated rings. The molecule has 4 atom stereocenters. The summed E-state index contributed by atoms with van der Waals surface area (Å²) in [5, 5.41) is 11.4. The van der Waals surface area contributed by atoms with Crippen molar-refractivity contribution in [3.8, 4) is 33.6 Å². The fraction of sp³-hybridized carbons (Fsp3) is 0.362. The second-order valence-corrected chi connectivity index (χ2v) is 17.1. The Morgan fingerprint density at radius 1 is 0.762 bits per heavy atom. The normalized spacial score (nSPS) is 18.9. The van der Waals surface area contributed by atoms with Gasteiger partial charge in [-0.2, -0.15) is 11.3 Å². The Labute approximate surface area is 368 Å². The molecule has 16 heteroatoms. The zero-order valence-electron chi connectivity index (χ0n) is 35.2. The van der Waals surface area contributed by atoms with Crippen LogP contribution in [0, 0.1) is 5.92 Å². The van der Waals surface area contributed by atoms with E-state index in [0.29, 0.717) is 45.0 Å². The van der Waals surface area contributed by atoms with Crippen molar-refractivity contribution in [2.75, 3.05) is 40.5 Å². The fourth-order valence-electron chi connectivity index (χ4n) is 9.23. The Hall–Kier alpha value is -6.52. The number of aromatic amines is 2. The quantitative estimate of drug-likeness (QED) is 0.100. The minimum Gasteiger partial charge on any atom is -0.453 e. The number of benzene rings is 3. The molecular formula is C47H50N8O7S. The van der Waals surface area contributed by atoms with Crippen LogP contribution >= 0.6 is 11.3 Å². The van der Waals surface area contributed by atoms with Crippen LogP contribution < -0.4 is 10.6 Å². The summed E-state index contributed by atoms with van der Waals surface area (Å²) in [5.41, 5.74) is 6.47. The number of fused-ring (bicyclic) bond motifs is 1.